The number of phenols is 2. The Labute approximate surface area is 184 Å². The van der Waals surface area contributed by atoms with E-state index in [9.17, 15) is 10.2 Å². The van der Waals surface area contributed by atoms with Gasteiger partial charge in [0.15, 0.2) is 0 Å². The normalized spacial score (nSPS) is 14.7. The van der Waals surface area contributed by atoms with Crippen LogP contribution in [0.5, 0.6) is 11.5 Å². The van der Waals surface area contributed by atoms with Crippen molar-refractivity contribution in [2.24, 2.45) is 11.8 Å². The predicted molar refractivity (Wildman–Crippen MR) is 125 cm³/mol. The highest BCUT2D eigenvalue weighted by Crippen LogP contribution is 2.43. The maximum atomic E-state index is 10.8. The van der Waals surface area contributed by atoms with Crippen molar-refractivity contribution in [1.82, 2.24) is 0 Å². The average molecular weight is 423 g/mol. The van der Waals surface area contributed by atoms with Crippen molar-refractivity contribution in [3.63, 3.8) is 0 Å². The van der Waals surface area contributed by atoms with Gasteiger partial charge in [-0.1, -0.05) is 67.2 Å². The fourth-order valence-corrected chi connectivity index (χ4v) is 4.44. The van der Waals surface area contributed by atoms with Crippen LogP contribution >= 0.6 is 0 Å². The smallest absolute Gasteiger partial charge is 0.119 e. The van der Waals surface area contributed by atoms with E-state index in [1.54, 1.807) is 12.1 Å². The van der Waals surface area contributed by atoms with E-state index in [2.05, 4.69) is 41.5 Å². The molecule has 0 aliphatic carbocycles. The zero-order valence-corrected chi connectivity index (χ0v) is 20.2. The summed E-state index contributed by atoms with van der Waals surface area (Å²) in [5.41, 5.74) is 1.13. The van der Waals surface area contributed by atoms with Gasteiger partial charge in [-0.3, -0.25) is 0 Å². The van der Waals surface area contributed by atoms with Crippen LogP contribution in [0.2, 0.25) is 0 Å². The largest absolute Gasteiger partial charge is 0.508 e. The molecule has 2 atom stereocenters. The number of hydrogen-bond donors (Lipinski definition) is 4. The Morgan fingerprint density at radius 3 is 1.30 bits per heavy atom. The third-order valence-corrected chi connectivity index (χ3v) is 6.81. The first-order valence-electron chi connectivity index (χ1n) is 11.7. The Morgan fingerprint density at radius 1 is 0.667 bits per heavy atom. The van der Waals surface area contributed by atoms with Crippen LogP contribution in [-0.2, 0) is 10.8 Å². The number of phenolic OH excluding ortho intramolecular Hbond substituents is 2. The second-order valence-electron chi connectivity index (χ2n) is 10.7. The zero-order valence-electron chi connectivity index (χ0n) is 20.2. The van der Waals surface area contributed by atoms with Crippen molar-refractivity contribution < 1.29 is 20.4 Å². The van der Waals surface area contributed by atoms with Gasteiger partial charge in [0, 0.05) is 24.3 Å². The Kier molecular flexibility index (Phi) is 10.7. The quantitative estimate of drug-likeness (QED) is 0.276. The second-order valence-corrected chi connectivity index (χ2v) is 10.7. The van der Waals surface area contributed by atoms with E-state index in [0.29, 0.717) is 11.8 Å². The van der Waals surface area contributed by atoms with Gasteiger partial charge in [0.1, 0.15) is 11.5 Å². The number of aromatic hydroxyl groups is 2. The second kappa shape index (κ2) is 12.0. The molecule has 1 rings (SSSR count). The molecule has 1 aromatic carbocycles. The Balaban J connectivity index is 2.86. The van der Waals surface area contributed by atoms with Gasteiger partial charge < -0.3 is 20.4 Å². The molecule has 0 aliphatic heterocycles. The molecule has 30 heavy (non-hydrogen) atoms. The predicted octanol–water partition coefficient (Wildman–Crippen LogP) is 6.03. The molecule has 0 radical (unpaired) electrons. The topological polar surface area (TPSA) is 80.9 Å². The maximum Gasteiger partial charge on any atom is 0.119 e. The number of aliphatic hydroxyl groups is 2. The van der Waals surface area contributed by atoms with Crippen molar-refractivity contribution in [2.75, 3.05) is 13.2 Å². The van der Waals surface area contributed by atoms with E-state index in [1.807, 2.05) is 0 Å². The minimum atomic E-state index is -0.233. The van der Waals surface area contributed by atoms with Gasteiger partial charge in [0.2, 0.25) is 0 Å². The van der Waals surface area contributed by atoms with Gasteiger partial charge >= 0.3 is 0 Å². The van der Waals surface area contributed by atoms with Crippen LogP contribution < -0.4 is 0 Å². The van der Waals surface area contributed by atoms with E-state index in [1.165, 1.54) is 0 Å². The zero-order chi connectivity index (χ0) is 22.9. The van der Waals surface area contributed by atoms with E-state index in [4.69, 9.17) is 10.2 Å². The van der Waals surface area contributed by atoms with E-state index >= 15 is 0 Å². The maximum absolute atomic E-state index is 10.8. The number of aliphatic hydroxyl groups excluding tert-OH is 2. The van der Waals surface area contributed by atoms with Crippen LogP contribution in [0, 0.1) is 11.8 Å². The molecule has 174 valence electrons. The lowest BCUT2D eigenvalue weighted by atomic mass is 9.75. The first kappa shape index (κ1) is 26.8. The van der Waals surface area contributed by atoms with Crippen LogP contribution in [0.4, 0.5) is 0 Å². The van der Waals surface area contributed by atoms with E-state index in [-0.39, 0.29) is 35.5 Å². The molecule has 0 fully saturated rings. The minimum absolute atomic E-state index is 0.233. The van der Waals surface area contributed by atoms with E-state index in [0.717, 1.165) is 62.5 Å². The summed E-state index contributed by atoms with van der Waals surface area (Å²) in [6.07, 6.45) is 7.64. The van der Waals surface area contributed by atoms with Crippen LogP contribution in [-0.4, -0.2) is 33.6 Å². The molecule has 1 aromatic rings. The van der Waals surface area contributed by atoms with Crippen molar-refractivity contribution in [3.05, 3.63) is 23.3 Å². The summed E-state index contributed by atoms with van der Waals surface area (Å²) < 4.78 is 0. The first-order chi connectivity index (χ1) is 13.9. The molecule has 0 heterocycles. The van der Waals surface area contributed by atoms with Crippen molar-refractivity contribution in [1.29, 1.82) is 0 Å². The molecule has 4 N–H and O–H groups in total. The van der Waals surface area contributed by atoms with Crippen molar-refractivity contribution >= 4 is 0 Å². The van der Waals surface area contributed by atoms with E-state index < -0.39 is 0 Å². The highest BCUT2D eigenvalue weighted by molar-refractivity contribution is 5.50. The summed E-state index contributed by atoms with van der Waals surface area (Å²) in [6, 6.07) is 3.52. The molecular formula is C26H46O4. The molecular weight excluding hydrogens is 376 g/mol. The van der Waals surface area contributed by atoms with Crippen LogP contribution in [0.3, 0.4) is 0 Å². The van der Waals surface area contributed by atoms with Crippen molar-refractivity contribution in [3.8, 4) is 11.5 Å². The molecule has 0 aliphatic rings. The number of benzene rings is 1. The van der Waals surface area contributed by atoms with Gasteiger partial charge in [-0.05, 0) is 60.5 Å². The average Bonchev–Trinajstić information content (AvgIpc) is 2.63. The summed E-state index contributed by atoms with van der Waals surface area (Å²) in [5.74, 6) is 1.52. The Hall–Kier alpha value is -1.26. The summed E-state index contributed by atoms with van der Waals surface area (Å²) in [7, 11) is 0. The van der Waals surface area contributed by atoms with Crippen LogP contribution in [0.1, 0.15) is 104 Å². The Bertz CT molecular complexity index is 580. The molecule has 0 aromatic heterocycles. The highest BCUT2D eigenvalue weighted by atomic mass is 16.3. The summed E-state index contributed by atoms with van der Waals surface area (Å²) in [6.45, 7) is 13.3. The third-order valence-electron chi connectivity index (χ3n) is 6.81. The lowest BCUT2D eigenvalue weighted by molar-refractivity contribution is 0.253. The molecule has 0 amide bonds. The summed E-state index contributed by atoms with van der Waals surface area (Å²) >= 11 is 0. The fourth-order valence-electron chi connectivity index (χ4n) is 4.44. The molecule has 4 nitrogen and oxygen atoms in total. The van der Waals surface area contributed by atoms with Gasteiger partial charge in [-0.2, -0.15) is 0 Å². The summed E-state index contributed by atoms with van der Waals surface area (Å²) in [4.78, 5) is 0. The van der Waals surface area contributed by atoms with Gasteiger partial charge in [0.25, 0.3) is 0 Å². The minimum Gasteiger partial charge on any atom is -0.508 e. The standard InChI is InChI=1S/C26H46O4/c1-19(11-15-27)9-7-13-25(3,4)21-17-24(30)22(18-23(21)29)26(5,6)14-8-10-20(2)12-16-28/h17-20,27-30H,7-16H2,1-6H3. The molecule has 0 spiro atoms. The van der Waals surface area contributed by atoms with Gasteiger partial charge in [0.05, 0.1) is 0 Å². The molecule has 0 bridgehead atoms. The fraction of sp³-hybridized carbons (Fsp3) is 0.769. The third kappa shape index (κ3) is 8.11. The lowest BCUT2D eigenvalue weighted by Crippen LogP contribution is -2.21. The molecule has 0 saturated carbocycles. The number of rotatable bonds is 14. The first-order valence-corrected chi connectivity index (χ1v) is 11.7. The van der Waals surface area contributed by atoms with Crippen LogP contribution in [0.15, 0.2) is 12.1 Å². The summed E-state index contributed by atoms with van der Waals surface area (Å²) in [5, 5.41) is 39.8. The molecule has 4 heteroatoms. The number of hydrogen-bond acceptors (Lipinski definition) is 4. The molecule has 0 saturated heterocycles. The van der Waals surface area contributed by atoms with Crippen molar-refractivity contribution in [2.45, 2.75) is 104 Å². The Morgan fingerprint density at radius 2 is 1.00 bits per heavy atom. The lowest BCUT2D eigenvalue weighted by Gasteiger charge is -2.31. The van der Waals surface area contributed by atoms with Gasteiger partial charge in [-0.15, -0.1) is 0 Å². The van der Waals surface area contributed by atoms with Gasteiger partial charge in [-0.25, -0.2) is 0 Å². The molecule has 2 unspecified atom stereocenters. The SMILES string of the molecule is CC(CCO)CCCC(C)(C)c1cc(O)c(C(C)(C)CCCC(C)CCO)cc1O. The van der Waals surface area contributed by atoms with Crippen LogP contribution in [0.25, 0.3) is 0 Å². The monoisotopic (exact) mass is 422 g/mol. The highest BCUT2D eigenvalue weighted by Gasteiger charge is 2.29.